The van der Waals surface area contributed by atoms with Gasteiger partial charge in [0, 0.05) is 18.8 Å². The van der Waals surface area contributed by atoms with Gasteiger partial charge in [-0.05, 0) is 12.0 Å². The Morgan fingerprint density at radius 3 is 3.00 bits per heavy atom. The van der Waals surface area contributed by atoms with Crippen LogP contribution in [0.1, 0.15) is 6.42 Å². The third-order valence-electron chi connectivity index (χ3n) is 1.15. The fraction of sp³-hybridized carbons (Fsp3) is 0.286. The zero-order valence-corrected chi connectivity index (χ0v) is 5.12. The van der Waals surface area contributed by atoms with Crippen molar-refractivity contribution in [3.8, 4) is 0 Å². The van der Waals surface area contributed by atoms with Gasteiger partial charge < -0.3 is 5.11 Å². The summed E-state index contributed by atoms with van der Waals surface area (Å²) >= 11 is 0. The fourth-order valence-electron chi connectivity index (χ4n) is 0.679. The maximum absolute atomic E-state index is 8.50. The molecule has 1 rings (SSSR count). The van der Waals surface area contributed by atoms with E-state index in [1.165, 1.54) is 0 Å². The fourth-order valence-corrected chi connectivity index (χ4v) is 0.679. The van der Waals surface area contributed by atoms with Gasteiger partial charge >= 0.3 is 0 Å². The first kappa shape index (κ1) is 6.23. The summed E-state index contributed by atoms with van der Waals surface area (Å²) in [6, 6.07) is 0. The van der Waals surface area contributed by atoms with E-state index in [9.17, 15) is 0 Å². The second-order valence-corrected chi connectivity index (χ2v) is 1.83. The van der Waals surface area contributed by atoms with E-state index in [0.29, 0.717) is 0 Å². The van der Waals surface area contributed by atoms with Crippen molar-refractivity contribution in [3.63, 3.8) is 0 Å². The highest BCUT2D eigenvalue weighted by molar-refractivity contribution is 5.73. The lowest BCUT2D eigenvalue weighted by atomic mass is 10.2. The molecule has 0 aromatic heterocycles. The molecule has 47 valence electrons. The minimum Gasteiger partial charge on any atom is -0.396 e. The van der Waals surface area contributed by atoms with E-state index in [1.54, 1.807) is 12.4 Å². The third kappa shape index (κ3) is 1.82. The predicted octanol–water partition coefficient (Wildman–Crippen LogP) is 0.229. The Hall–Kier alpha value is -0.890. The zero-order chi connectivity index (χ0) is 6.53. The van der Waals surface area contributed by atoms with Gasteiger partial charge in [0.1, 0.15) is 0 Å². The number of hydrogen-bond donors (Lipinski definition) is 1. The van der Waals surface area contributed by atoms with Gasteiger partial charge in [0.25, 0.3) is 0 Å². The van der Waals surface area contributed by atoms with Gasteiger partial charge in [0.05, 0.1) is 4.99 Å². The van der Waals surface area contributed by atoms with Crippen LogP contribution in [-0.2, 0) is 0 Å². The molecular weight excluding hydrogens is 114 g/mol. The molecule has 0 aromatic carbocycles. The van der Waals surface area contributed by atoms with Crippen molar-refractivity contribution >= 4 is 6.21 Å². The molecule has 0 saturated carbocycles. The Morgan fingerprint density at radius 2 is 2.44 bits per heavy atom. The molecule has 0 spiro atoms. The van der Waals surface area contributed by atoms with Crippen LogP contribution in [0.4, 0.5) is 0 Å². The quantitative estimate of drug-likeness (QED) is 0.560. The summed E-state index contributed by atoms with van der Waals surface area (Å²) in [6.45, 7) is 0.212. The first-order chi connectivity index (χ1) is 4.43. The lowest BCUT2D eigenvalue weighted by Crippen LogP contribution is -1.92. The van der Waals surface area contributed by atoms with E-state index < -0.39 is 0 Å². The Kier molecular flexibility index (Phi) is 2.22. The molecule has 0 aliphatic carbocycles. The molecular formula is C7H9NO+. The largest absolute Gasteiger partial charge is 0.396 e. The first-order valence-electron chi connectivity index (χ1n) is 2.93. The van der Waals surface area contributed by atoms with E-state index in [0.717, 1.165) is 12.0 Å². The summed E-state index contributed by atoms with van der Waals surface area (Å²) in [5.74, 6) is 0. The standard InChI is InChI=1S/C7H9NO/c9-6-3-7-1-4-8-5-2-7/h1-2,4-5,9H,3,6H2/q+1. The van der Waals surface area contributed by atoms with Gasteiger partial charge in [-0.1, -0.05) is 0 Å². The third-order valence-corrected chi connectivity index (χ3v) is 1.15. The molecule has 2 nitrogen and oxygen atoms in total. The van der Waals surface area contributed by atoms with Crippen LogP contribution in [0.15, 0.2) is 23.9 Å². The normalized spacial score (nSPS) is 15.9. The van der Waals surface area contributed by atoms with Crippen molar-refractivity contribution in [1.82, 2.24) is 4.99 Å². The smallest absolute Gasteiger partial charge is 0.242 e. The molecule has 0 unspecified atom stereocenters. The topological polar surface area (TPSA) is 34.3 Å². The molecule has 2 heteroatoms. The summed E-state index contributed by atoms with van der Waals surface area (Å²) in [6.07, 6.45) is 7.98. The van der Waals surface area contributed by atoms with Crippen molar-refractivity contribution in [2.45, 2.75) is 6.42 Å². The van der Waals surface area contributed by atoms with Gasteiger partial charge in [0.15, 0.2) is 0 Å². The van der Waals surface area contributed by atoms with Crippen molar-refractivity contribution < 1.29 is 5.11 Å². The highest BCUT2D eigenvalue weighted by Gasteiger charge is 1.97. The van der Waals surface area contributed by atoms with Crippen molar-refractivity contribution in [2.24, 2.45) is 0 Å². The summed E-state index contributed by atoms with van der Waals surface area (Å²) in [5, 5.41) is 8.50. The number of nitrogens with zero attached hydrogens (tertiary/aromatic N) is 1. The SMILES string of the molecule is OCCC1=CC=[N+]C=C1. The number of aliphatic imine (C=N–C) groups is 1. The summed E-state index contributed by atoms with van der Waals surface area (Å²) in [4.78, 5) is 3.85. The summed E-state index contributed by atoms with van der Waals surface area (Å²) in [7, 11) is 0. The number of aliphatic hydroxyl groups is 1. The monoisotopic (exact) mass is 123 g/mol. The van der Waals surface area contributed by atoms with E-state index >= 15 is 0 Å². The van der Waals surface area contributed by atoms with Gasteiger partial charge in [-0.2, -0.15) is 0 Å². The Morgan fingerprint density at radius 1 is 1.56 bits per heavy atom. The van der Waals surface area contributed by atoms with Crippen LogP contribution in [0.2, 0.25) is 0 Å². The second-order valence-electron chi connectivity index (χ2n) is 1.83. The predicted molar refractivity (Wildman–Crippen MR) is 37.1 cm³/mol. The van der Waals surface area contributed by atoms with E-state index in [4.69, 9.17) is 5.11 Å². The van der Waals surface area contributed by atoms with Crippen LogP contribution in [0, 0.1) is 0 Å². The second kappa shape index (κ2) is 3.20. The molecule has 1 radical (unpaired) electrons. The van der Waals surface area contributed by atoms with Gasteiger partial charge in [0.2, 0.25) is 12.4 Å². The van der Waals surface area contributed by atoms with E-state index in [2.05, 4.69) is 4.99 Å². The molecule has 0 aromatic rings. The minimum atomic E-state index is 0.212. The lowest BCUT2D eigenvalue weighted by Gasteiger charge is -1.92. The molecule has 1 aliphatic rings. The Bertz CT molecular complexity index is 168. The summed E-state index contributed by atoms with van der Waals surface area (Å²) in [5.41, 5.74) is 1.13. The van der Waals surface area contributed by atoms with E-state index in [-0.39, 0.29) is 6.61 Å². The van der Waals surface area contributed by atoms with Crippen LogP contribution >= 0.6 is 0 Å². The highest BCUT2D eigenvalue weighted by Crippen LogP contribution is 2.01. The van der Waals surface area contributed by atoms with Crippen LogP contribution < -0.4 is 4.99 Å². The Labute approximate surface area is 54.2 Å². The first-order valence-corrected chi connectivity index (χ1v) is 2.93. The molecule has 0 amide bonds. The molecule has 0 atom stereocenters. The molecule has 1 aliphatic heterocycles. The minimum absolute atomic E-state index is 0.212. The Balaban J connectivity index is 2.51. The van der Waals surface area contributed by atoms with Gasteiger partial charge in [-0.15, -0.1) is 0 Å². The average molecular weight is 123 g/mol. The van der Waals surface area contributed by atoms with Crippen molar-refractivity contribution in [1.29, 1.82) is 0 Å². The van der Waals surface area contributed by atoms with Crippen LogP contribution in [-0.4, -0.2) is 17.9 Å². The molecule has 9 heavy (non-hydrogen) atoms. The van der Waals surface area contributed by atoms with Crippen LogP contribution in [0.5, 0.6) is 0 Å². The average Bonchev–Trinajstić information content (AvgIpc) is 1.91. The lowest BCUT2D eigenvalue weighted by molar-refractivity contribution is 0.300. The van der Waals surface area contributed by atoms with Gasteiger partial charge in [-0.3, -0.25) is 0 Å². The maximum Gasteiger partial charge on any atom is 0.242 e. The summed E-state index contributed by atoms with van der Waals surface area (Å²) < 4.78 is 0. The zero-order valence-electron chi connectivity index (χ0n) is 5.12. The van der Waals surface area contributed by atoms with Crippen LogP contribution in [0.3, 0.4) is 0 Å². The maximum atomic E-state index is 8.50. The number of allylic oxidation sites excluding steroid dienone is 2. The number of aliphatic hydroxyl groups excluding tert-OH is 1. The van der Waals surface area contributed by atoms with Crippen molar-refractivity contribution in [3.05, 3.63) is 23.9 Å². The molecule has 1 heterocycles. The molecule has 0 saturated heterocycles. The van der Waals surface area contributed by atoms with Crippen LogP contribution in [0.25, 0.3) is 0 Å². The van der Waals surface area contributed by atoms with Crippen molar-refractivity contribution in [2.75, 3.05) is 6.61 Å². The van der Waals surface area contributed by atoms with E-state index in [1.807, 2.05) is 12.2 Å². The number of rotatable bonds is 2. The number of hydrogen-bond acceptors (Lipinski definition) is 2. The highest BCUT2D eigenvalue weighted by atomic mass is 16.2. The molecule has 1 N–H and O–H groups in total. The molecule has 0 bridgehead atoms. The molecule has 0 fully saturated rings. The van der Waals surface area contributed by atoms with Gasteiger partial charge in [-0.25, -0.2) is 0 Å².